The van der Waals surface area contributed by atoms with E-state index in [9.17, 15) is 14.9 Å². The highest BCUT2D eigenvalue weighted by Crippen LogP contribution is 2.33. The number of hydrogen-bond donors (Lipinski definition) is 0. The average molecular weight is 408 g/mol. The molecule has 2 aliphatic rings. The van der Waals surface area contributed by atoms with Crippen LogP contribution in [0.15, 0.2) is 48.5 Å². The molecule has 6 heteroatoms. The second-order valence-corrected chi connectivity index (χ2v) is 8.61. The second kappa shape index (κ2) is 8.86. The molecule has 6 nitrogen and oxygen atoms in total. The SMILES string of the molecule is CC1CCN(c2ccc([N+](=O)[O-])cc2C(=O)N2CCC(c3ccccc3)CC2)CC1. The number of non-ortho nitro benzene ring substituents is 1. The first-order valence-electron chi connectivity index (χ1n) is 10.9. The fourth-order valence-electron chi connectivity index (χ4n) is 4.65. The van der Waals surface area contributed by atoms with Crippen LogP contribution in [0, 0.1) is 16.0 Å². The van der Waals surface area contributed by atoms with Crippen LogP contribution in [-0.2, 0) is 0 Å². The molecule has 0 spiro atoms. The maximum atomic E-state index is 13.4. The van der Waals surface area contributed by atoms with Crippen LogP contribution in [0.5, 0.6) is 0 Å². The molecule has 1 amide bonds. The largest absolute Gasteiger partial charge is 0.371 e. The highest BCUT2D eigenvalue weighted by atomic mass is 16.6. The topological polar surface area (TPSA) is 66.7 Å². The predicted molar refractivity (Wildman–Crippen MR) is 118 cm³/mol. The number of piperidine rings is 2. The molecule has 0 aromatic heterocycles. The van der Waals surface area contributed by atoms with Gasteiger partial charge in [-0.1, -0.05) is 37.3 Å². The third-order valence-electron chi connectivity index (χ3n) is 6.60. The Morgan fingerprint density at radius 3 is 2.27 bits per heavy atom. The van der Waals surface area contributed by atoms with Gasteiger partial charge >= 0.3 is 0 Å². The molecule has 2 heterocycles. The van der Waals surface area contributed by atoms with Gasteiger partial charge < -0.3 is 9.80 Å². The molecule has 0 bridgehead atoms. The van der Waals surface area contributed by atoms with Crippen molar-refractivity contribution in [3.63, 3.8) is 0 Å². The number of hydrogen-bond acceptors (Lipinski definition) is 4. The molecule has 2 saturated heterocycles. The summed E-state index contributed by atoms with van der Waals surface area (Å²) in [4.78, 5) is 28.4. The van der Waals surface area contributed by atoms with Crippen molar-refractivity contribution < 1.29 is 9.72 Å². The molecule has 2 aromatic rings. The van der Waals surface area contributed by atoms with Gasteiger partial charge in [-0.15, -0.1) is 0 Å². The molecule has 4 rings (SSSR count). The molecule has 0 N–H and O–H groups in total. The maximum Gasteiger partial charge on any atom is 0.270 e. The Balaban J connectivity index is 1.54. The molecule has 0 saturated carbocycles. The van der Waals surface area contributed by atoms with Crippen LogP contribution in [0.3, 0.4) is 0 Å². The van der Waals surface area contributed by atoms with Crippen LogP contribution in [0.4, 0.5) is 11.4 Å². The summed E-state index contributed by atoms with van der Waals surface area (Å²) in [7, 11) is 0. The van der Waals surface area contributed by atoms with Crippen molar-refractivity contribution in [3.05, 3.63) is 69.8 Å². The number of rotatable bonds is 4. The smallest absolute Gasteiger partial charge is 0.270 e. The number of carbonyl (C=O) groups is 1. The van der Waals surface area contributed by atoms with E-state index in [-0.39, 0.29) is 11.6 Å². The van der Waals surface area contributed by atoms with Crippen LogP contribution in [0.25, 0.3) is 0 Å². The third kappa shape index (κ3) is 4.32. The standard InChI is InChI=1S/C24H29N3O3/c1-18-9-13-25(14-10-18)23-8-7-21(27(29)30)17-22(23)24(28)26-15-11-20(12-16-26)19-5-3-2-4-6-19/h2-8,17-18,20H,9-16H2,1H3. The van der Waals surface area contributed by atoms with Gasteiger partial charge in [0, 0.05) is 38.3 Å². The van der Waals surface area contributed by atoms with Gasteiger partial charge in [0.15, 0.2) is 0 Å². The lowest BCUT2D eigenvalue weighted by Crippen LogP contribution is -2.40. The van der Waals surface area contributed by atoms with Gasteiger partial charge in [0.2, 0.25) is 0 Å². The molecule has 158 valence electrons. The third-order valence-corrected chi connectivity index (χ3v) is 6.60. The van der Waals surface area contributed by atoms with E-state index < -0.39 is 4.92 Å². The Labute approximate surface area is 177 Å². The molecular weight excluding hydrogens is 378 g/mol. The number of amides is 1. The molecule has 2 aromatic carbocycles. The van der Waals surface area contributed by atoms with Gasteiger partial charge in [-0.3, -0.25) is 14.9 Å². The van der Waals surface area contributed by atoms with E-state index in [4.69, 9.17) is 0 Å². The van der Waals surface area contributed by atoms with E-state index in [1.165, 1.54) is 17.7 Å². The summed E-state index contributed by atoms with van der Waals surface area (Å²) in [6.45, 7) is 5.37. The lowest BCUT2D eigenvalue weighted by atomic mass is 9.89. The number of anilines is 1. The van der Waals surface area contributed by atoms with Crippen LogP contribution in [0.2, 0.25) is 0 Å². The summed E-state index contributed by atoms with van der Waals surface area (Å²) in [5, 5.41) is 11.3. The van der Waals surface area contributed by atoms with Crippen molar-refractivity contribution in [1.82, 2.24) is 4.90 Å². The maximum absolute atomic E-state index is 13.4. The molecule has 0 atom stereocenters. The van der Waals surface area contributed by atoms with Gasteiger partial charge in [0.25, 0.3) is 11.6 Å². The van der Waals surface area contributed by atoms with Crippen LogP contribution in [0.1, 0.15) is 54.4 Å². The Hall–Kier alpha value is -2.89. The van der Waals surface area contributed by atoms with Gasteiger partial charge in [-0.05, 0) is 49.1 Å². The lowest BCUT2D eigenvalue weighted by Gasteiger charge is -2.35. The predicted octanol–water partition coefficient (Wildman–Crippen LogP) is 4.85. The summed E-state index contributed by atoms with van der Waals surface area (Å²) >= 11 is 0. The summed E-state index contributed by atoms with van der Waals surface area (Å²) in [5.41, 5.74) is 2.61. The summed E-state index contributed by atoms with van der Waals surface area (Å²) < 4.78 is 0. The Morgan fingerprint density at radius 1 is 0.967 bits per heavy atom. The van der Waals surface area contributed by atoms with Gasteiger partial charge in [-0.2, -0.15) is 0 Å². The van der Waals surface area contributed by atoms with Crippen molar-refractivity contribution in [3.8, 4) is 0 Å². The average Bonchev–Trinajstić information content (AvgIpc) is 2.79. The monoisotopic (exact) mass is 407 g/mol. The van der Waals surface area contributed by atoms with Crippen molar-refractivity contribution in [2.75, 3.05) is 31.1 Å². The van der Waals surface area contributed by atoms with E-state index in [0.29, 0.717) is 30.5 Å². The highest BCUT2D eigenvalue weighted by molar-refractivity contribution is 6.00. The Bertz CT molecular complexity index is 899. The Kier molecular flexibility index (Phi) is 6.02. The number of benzene rings is 2. The zero-order chi connectivity index (χ0) is 21.1. The van der Waals surface area contributed by atoms with E-state index >= 15 is 0 Å². The quantitative estimate of drug-likeness (QED) is 0.537. The molecular formula is C24H29N3O3. The molecule has 2 aliphatic heterocycles. The first-order chi connectivity index (χ1) is 14.5. The number of likely N-dealkylation sites (tertiary alicyclic amines) is 1. The fourth-order valence-corrected chi connectivity index (χ4v) is 4.65. The first kappa shape index (κ1) is 20.4. The molecule has 2 fully saturated rings. The minimum absolute atomic E-state index is 0.0216. The van der Waals surface area contributed by atoms with E-state index in [1.54, 1.807) is 6.07 Å². The lowest BCUT2D eigenvalue weighted by molar-refractivity contribution is -0.384. The van der Waals surface area contributed by atoms with Crippen LogP contribution >= 0.6 is 0 Å². The van der Waals surface area contributed by atoms with Gasteiger partial charge in [0.05, 0.1) is 16.2 Å². The van der Waals surface area contributed by atoms with E-state index in [0.717, 1.165) is 44.5 Å². The van der Waals surface area contributed by atoms with Crippen LogP contribution in [-0.4, -0.2) is 41.9 Å². The van der Waals surface area contributed by atoms with Crippen molar-refractivity contribution >= 4 is 17.3 Å². The van der Waals surface area contributed by atoms with Crippen molar-refractivity contribution in [2.45, 2.75) is 38.5 Å². The fraction of sp³-hybridized carbons (Fsp3) is 0.458. The number of nitro groups is 1. The minimum atomic E-state index is -0.416. The van der Waals surface area contributed by atoms with Crippen molar-refractivity contribution in [1.29, 1.82) is 0 Å². The second-order valence-electron chi connectivity index (χ2n) is 8.61. The summed E-state index contributed by atoms with van der Waals surface area (Å²) in [6, 6.07) is 15.2. The minimum Gasteiger partial charge on any atom is -0.371 e. The first-order valence-corrected chi connectivity index (χ1v) is 10.9. The number of carbonyl (C=O) groups excluding carboxylic acids is 1. The molecule has 0 radical (unpaired) electrons. The van der Waals surface area contributed by atoms with Crippen LogP contribution < -0.4 is 4.90 Å². The zero-order valence-electron chi connectivity index (χ0n) is 17.5. The number of nitrogens with zero attached hydrogens (tertiary/aromatic N) is 3. The van der Waals surface area contributed by atoms with E-state index in [2.05, 4.69) is 36.1 Å². The molecule has 0 unspecified atom stereocenters. The number of nitro benzene ring substituents is 1. The zero-order valence-corrected chi connectivity index (χ0v) is 17.5. The highest BCUT2D eigenvalue weighted by Gasteiger charge is 2.29. The molecule has 0 aliphatic carbocycles. The summed E-state index contributed by atoms with van der Waals surface area (Å²) in [6.07, 6.45) is 3.99. The normalized spacial score (nSPS) is 18.4. The molecule has 30 heavy (non-hydrogen) atoms. The summed E-state index contributed by atoms with van der Waals surface area (Å²) in [5.74, 6) is 1.05. The Morgan fingerprint density at radius 2 is 1.63 bits per heavy atom. The van der Waals surface area contributed by atoms with Crippen molar-refractivity contribution in [2.24, 2.45) is 5.92 Å². The van der Waals surface area contributed by atoms with Gasteiger partial charge in [-0.25, -0.2) is 0 Å². The van der Waals surface area contributed by atoms with Gasteiger partial charge in [0.1, 0.15) is 0 Å². The van der Waals surface area contributed by atoms with E-state index in [1.807, 2.05) is 11.0 Å².